The van der Waals surface area contributed by atoms with Gasteiger partial charge in [-0.1, -0.05) is 0 Å². The van der Waals surface area contributed by atoms with Crippen molar-refractivity contribution in [2.75, 3.05) is 6.61 Å². The van der Waals surface area contributed by atoms with Crippen LogP contribution in [-0.2, 0) is 0 Å². The van der Waals surface area contributed by atoms with E-state index in [9.17, 15) is 0 Å². The summed E-state index contributed by atoms with van der Waals surface area (Å²) < 4.78 is 2.36. The zero-order valence-electron chi connectivity index (χ0n) is 6.84. The number of allylic oxidation sites excluding steroid dienone is 1. The Morgan fingerprint density at radius 2 is 2.45 bits per heavy atom. The van der Waals surface area contributed by atoms with Crippen molar-refractivity contribution in [1.82, 2.24) is 0 Å². The van der Waals surface area contributed by atoms with E-state index >= 15 is 0 Å². The van der Waals surface area contributed by atoms with E-state index in [1.165, 1.54) is 17.3 Å². The predicted octanol–water partition coefficient (Wildman–Crippen LogP) is 1.42. The molecule has 0 rings (SSSR count). The molecule has 0 saturated heterocycles. The number of hydrogen-bond donors (Lipinski definition) is 1. The molecule has 62 valence electrons. The van der Waals surface area contributed by atoms with Gasteiger partial charge in [-0.25, -0.2) is 0 Å². The molecule has 0 aromatic heterocycles. The molecule has 1 N–H and O–H groups in total. The topological polar surface area (TPSA) is 20.2 Å². The van der Waals surface area contributed by atoms with Crippen molar-refractivity contribution < 1.29 is 5.11 Å². The molecule has 0 aromatic rings. The molecule has 0 unspecified atom stereocenters. The Hall–Kier alpha value is 0.0496. The van der Waals surface area contributed by atoms with E-state index in [1.807, 2.05) is 0 Å². The van der Waals surface area contributed by atoms with E-state index in [1.54, 1.807) is 6.08 Å². The van der Waals surface area contributed by atoms with Gasteiger partial charge in [-0.3, -0.25) is 0 Å². The Labute approximate surface area is 79.0 Å². The standard InChI is InChI=1S/C9H14OTe/c1-3-5-7-11-9(8-10)6-4-2/h2,6,10H,3,5,7-8H2,1H3/b9-6-. The molecule has 0 aliphatic carbocycles. The fourth-order valence-electron chi connectivity index (χ4n) is 0.574. The van der Waals surface area contributed by atoms with Crippen LogP contribution in [0.4, 0.5) is 0 Å². The molecular formula is C9H14OTe. The number of aliphatic hydroxyl groups excluding tert-OH is 1. The van der Waals surface area contributed by atoms with Gasteiger partial charge in [-0.2, -0.15) is 0 Å². The van der Waals surface area contributed by atoms with Gasteiger partial charge in [0.25, 0.3) is 0 Å². The van der Waals surface area contributed by atoms with Crippen molar-refractivity contribution in [2.24, 2.45) is 0 Å². The SMILES string of the molecule is C#C/C=C(/CO)[Te]CCCC. The predicted molar refractivity (Wildman–Crippen MR) is 49.5 cm³/mol. The summed E-state index contributed by atoms with van der Waals surface area (Å²) >= 11 is -0.153. The van der Waals surface area contributed by atoms with Gasteiger partial charge in [-0.05, 0) is 0 Å². The molecule has 0 bridgehead atoms. The Balaban J connectivity index is 3.55. The monoisotopic (exact) mass is 268 g/mol. The third kappa shape index (κ3) is 6.45. The molecule has 0 atom stereocenters. The van der Waals surface area contributed by atoms with Gasteiger partial charge >= 0.3 is 78.9 Å². The van der Waals surface area contributed by atoms with Crippen molar-refractivity contribution >= 4 is 20.9 Å². The average Bonchev–Trinajstić information content (AvgIpc) is 2.03. The fourth-order valence-corrected chi connectivity index (χ4v) is 3.25. The molecule has 11 heavy (non-hydrogen) atoms. The van der Waals surface area contributed by atoms with E-state index in [0.717, 1.165) is 3.62 Å². The number of unbranched alkanes of at least 4 members (excludes halogenated alkanes) is 1. The van der Waals surface area contributed by atoms with Gasteiger partial charge in [0.05, 0.1) is 0 Å². The number of aliphatic hydroxyl groups is 1. The third-order valence-electron chi connectivity index (χ3n) is 1.19. The van der Waals surface area contributed by atoms with Crippen molar-refractivity contribution in [2.45, 2.75) is 24.2 Å². The minimum atomic E-state index is -0.153. The first-order chi connectivity index (χ1) is 5.35. The van der Waals surface area contributed by atoms with Crippen LogP contribution in [0.2, 0.25) is 4.47 Å². The van der Waals surface area contributed by atoms with Gasteiger partial charge in [0.1, 0.15) is 0 Å². The van der Waals surface area contributed by atoms with Crippen LogP contribution in [0.25, 0.3) is 0 Å². The number of terminal acetylenes is 1. The average molecular weight is 266 g/mol. The molecule has 0 heterocycles. The van der Waals surface area contributed by atoms with E-state index in [4.69, 9.17) is 11.5 Å². The summed E-state index contributed by atoms with van der Waals surface area (Å²) in [7, 11) is 0. The molecular weight excluding hydrogens is 252 g/mol. The quantitative estimate of drug-likeness (QED) is 0.453. The Kier molecular flexibility index (Phi) is 8.19. The molecule has 0 aliphatic rings. The first-order valence-corrected chi connectivity index (χ1v) is 6.55. The molecule has 1 nitrogen and oxygen atoms in total. The van der Waals surface area contributed by atoms with Crippen LogP contribution >= 0.6 is 0 Å². The maximum atomic E-state index is 8.83. The van der Waals surface area contributed by atoms with Crippen LogP contribution in [0.5, 0.6) is 0 Å². The van der Waals surface area contributed by atoms with Gasteiger partial charge < -0.3 is 0 Å². The summed E-state index contributed by atoms with van der Waals surface area (Å²) in [6.45, 7) is 2.34. The second-order valence-electron chi connectivity index (χ2n) is 2.14. The zero-order valence-corrected chi connectivity index (χ0v) is 9.17. The van der Waals surface area contributed by atoms with E-state index in [2.05, 4.69) is 12.8 Å². The third-order valence-corrected chi connectivity index (χ3v) is 4.36. The van der Waals surface area contributed by atoms with Gasteiger partial charge in [-0.15, -0.1) is 0 Å². The first kappa shape index (κ1) is 11.0. The van der Waals surface area contributed by atoms with Crippen LogP contribution in [0, 0.1) is 12.3 Å². The summed E-state index contributed by atoms with van der Waals surface area (Å²) in [5.41, 5.74) is 0. The fraction of sp³-hybridized carbons (Fsp3) is 0.556. The molecule has 0 fully saturated rings. The Morgan fingerprint density at radius 3 is 2.91 bits per heavy atom. The number of hydrogen-bond acceptors (Lipinski definition) is 1. The van der Waals surface area contributed by atoms with Gasteiger partial charge in [0.15, 0.2) is 0 Å². The zero-order chi connectivity index (χ0) is 8.53. The summed E-state index contributed by atoms with van der Waals surface area (Å²) in [5.74, 6) is 2.46. The Bertz CT molecular complexity index is 155. The van der Waals surface area contributed by atoms with Crippen molar-refractivity contribution in [1.29, 1.82) is 0 Å². The summed E-state index contributed by atoms with van der Waals surface area (Å²) in [5, 5.41) is 8.83. The second kappa shape index (κ2) is 8.15. The van der Waals surface area contributed by atoms with Crippen LogP contribution < -0.4 is 0 Å². The number of rotatable bonds is 5. The van der Waals surface area contributed by atoms with Crippen LogP contribution in [0.3, 0.4) is 0 Å². The minimum absolute atomic E-state index is 0.153. The molecule has 2 heteroatoms. The van der Waals surface area contributed by atoms with Crippen molar-refractivity contribution in [3.8, 4) is 12.3 Å². The van der Waals surface area contributed by atoms with Crippen LogP contribution in [-0.4, -0.2) is 32.6 Å². The van der Waals surface area contributed by atoms with E-state index in [-0.39, 0.29) is 27.5 Å². The van der Waals surface area contributed by atoms with Crippen LogP contribution in [0.1, 0.15) is 19.8 Å². The van der Waals surface area contributed by atoms with Crippen LogP contribution in [0.15, 0.2) is 9.70 Å². The second-order valence-corrected chi connectivity index (χ2v) is 5.62. The van der Waals surface area contributed by atoms with E-state index in [0.29, 0.717) is 0 Å². The molecule has 0 saturated carbocycles. The summed E-state index contributed by atoms with van der Waals surface area (Å²) in [6.07, 6.45) is 9.32. The normalized spacial score (nSPS) is 11.2. The Morgan fingerprint density at radius 1 is 1.73 bits per heavy atom. The summed E-state index contributed by atoms with van der Waals surface area (Å²) in [4.78, 5) is 0. The van der Waals surface area contributed by atoms with Crippen molar-refractivity contribution in [3.63, 3.8) is 0 Å². The maximum absolute atomic E-state index is 8.83. The summed E-state index contributed by atoms with van der Waals surface area (Å²) in [6, 6.07) is 0. The molecule has 0 aliphatic heterocycles. The molecule has 0 aromatic carbocycles. The van der Waals surface area contributed by atoms with Gasteiger partial charge in [0.2, 0.25) is 0 Å². The van der Waals surface area contributed by atoms with Gasteiger partial charge in [0, 0.05) is 0 Å². The van der Waals surface area contributed by atoms with Crippen molar-refractivity contribution in [3.05, 3.63) is 9.70 Å². The van der Waals surface area contributed by atoms with E-state index < -0.39 is 0 Å². The molecule has 0 spiro atoms. The molecule has 0 radical (unpaired) electrons. The first-order valence-electron chi connectivity index (χ1n) is 3.74. The molecule has 0 amide bonds.